The summed E-state index contributed by atoms with van der Waals surface area (Å²) in [5.41, 5.74) is 0. The summed E-state index contributed by atoms with van der Waals surface area (Å²) in [4.78, 5) is 0. The summed E-state index contributed by atoms with van der Waals surface area (Å²) in [7, 11) is 0. The van der Waals surface area contributed by atoms with E-state index in [1.54, 1.807) is 0 Å². The largest absolute Gasteiger partial charge is 0.315 e. The molecule has 1 radical (unpaired) electrons. The van der Waals surface area contributed by atoms with E-state index in [0.717, 1.165) is 0 Å². The molecule has 1 spiro atoms. The maximum absolute atomic E-state index is 3.44. The smallest absolute Gasteiger partial charge is 0.0299 e. The number of hydrogen-bond donors (Lipinski definition) is 1. The van der Waals surface area contributed by atoms with Gasteiger partial charge in [0.15, 0.2) is 0 Å². The molecule has 1 N–H and O–H groups in total. The van der Waals surface area contributed by atoms with Crippen LogP contribution in [0.2, 0.25) is 0 Å². The van der Waals surface area contributed by atoms with Crippen molar-refractivity contribution in [2.75, 3.05) is 13.1 Å². The molecule has 2 heterocycles. The first-order valence-corrected chi connectivity index (χ1v) is 4.50. The van der Waals surface area contributed by atoms with Crippen molar-refractivity contribution in [1.29, 1.82) is 0 Å². The molecule has 0 aromatic rings. The zero-order chi connectivity index (χ0) is 6.16. The molecule has 2 heteroatoms. The third-order valence-corrected chi connectivity index (χ3v) is 3.57. The third-order valence-electron chi connectivity index (χ3n) is 2.22. The van der Waals surface area contributed by atoms with Crippen LogP contribution < -0.4 is 5.32 Å². The fraction of sp³-hybridized carbons (Fsp3) is 0.857. The molecule has 1 unspecified atom stereocenters. The molecule has 0 amide bonds. The lowest BCUT2D eigenvalue weighted by Crippen LogP contribution is -2.46. The van der Waals surface area contributed by atoms with Crippen molar-refractivity contribution in [3.63, 3.8) is 0 Å². The molecule has 0 aromatic carbocycles. The number of nitrogens with one attached hydrogen (secondary N) is 1. The van der Waals surface area contributed by atoms with Gasteiger partial charge < -0.3 is 5.32 Å². The quantitative estimate of drug-likeness (QED) is 0.549. The molecule has 9 heavy (non-hydrogen) atoms. The van der Waals surface area contributed by atoms with E-state index in [0.29, 0.717) is 4.75 Å². The van der Waals surface area contributed by atoms with Crippen molar-refractivity contribution >= 4 is 11.8 Å². The highest BCUT2D eigenvalue weighted by Crippen LogP contribution is 2.48. The van der Waals surface area contributed by atoms with Crippen molar-refractivity contribution in [2.24, 2.45) is 0 Å². The van der Waals surface area contributed by atoms with Crippen LogP contribution in [-0.2, 0) is 0 Å². The van der Waals surface area contributed by atoms with Gasteiger partial charge in [0, 0.05) is 17.0 Å². The van der Waals surface area contributed by atoms with Gasteiger partial charge in [-0.15, -0.1) is 11.8 Å². The summed E-state index contributed by atoms with van der Waals surface area (Å²) in [6.45, 7) is 2.48. The Balaban J connectivity index is 1.93. The molecule has 2 fully saturated rings. The van der Waals surface area contributed by atoms with E-state index in [1.165, 1.54) is 32.4 Å². The van der Waals surface area contributed by atoms with Crippen LogP contribution in [0.1, 0.15) is 19.3 Å². The van der Waals surface area contributed by atoms with Crippen molar-refractivity contribution in [1.82, 2.24) is 5.32 Å². The minimum absolute atomic E-state index is 0.651. The topological polar surface area (TPSA) is 12.0 Å². The average molecular weight is 142 g/mol. The van der Waals surface area contributed by atoms with Gasteiger partial charge in [0.25, 0.3) is 0 Å². The molecule has 2 saturated heterocycles. The van der Waals surface area contributed by atoms with Gasteiger partial charge in [-0.05, 0) is 25.8 Å². The monoisotopic (exact) mass is 142 g/mol. The molecule has 1 atom stereocenters. The van der Waals surface area contributed by atoms with Crippen molar-refractivity contribution in [3.8, 4) is 0 Å². The normalized spacial score (nSPS) is 42.7. The van der Waals surface area contributed by atoms with Gasteiger partial charge >= 0.3 is 0 Å². The van der Waals surface area contributed by atoms with Gasteiger partial charge in [-0.2, -0.15) is 0 Å². The second-order valence-electron chi connectivity index (χ2n) is 2.95. The van der Waals surface area contributed by atoms with E-state index in [9.17, 15) is 0 Å². The lowest BCUT2D eigenvalue weighted by atomic mass is 9.95. The minimum atomic E-state index is 0.651. The summed E-state index contributed by atoms with van der Waals surface area (Å²) in [5, 5.41) is 3.44. The van der Waals surface area contributed by atoms with Crippen molar-refractivity contribution in [3.05, 3.63) is 5.75 Å². The first kappa shape index (κ1) is 6.05. The van der Waals surface area contributed by atoms with Crippen LogP contribution in [0.4, 0.5) is 0 Å². The Kier molecular flexibility index (Phi) is 1.46. The summed E-state index contributed by atoms with van der Waals surface area (Å²) < 4.78 is 0.651. The lowest BCUT2D eigenvalue weighted by Gasteiger charge is -2.43. The Morgan fingerprint density at radius 3 is 2.78 bits per heavy atom. The highest BCUT2D eigenvalue weighted by molar-refractivity contribution is 8.04. The molecule has 51 valence electrons. The Labute approximate surface area is 60.6 Å². The Hall–Kier alpha value is 0.310. The van der Waals surface area contributed by atoms with Gasteiger partial charge in [-0.25, -0.2) is 0 Å². The number of thioether (sulfide) groups is 1. The Morgan fingerprint density at radius 2 is 2.44 bits per heavy atom. The molecular weight excluding hydrogens is 130 g/mol. The summed E-state index contributed by atoms with van der Waals surface area (Å²) in [5.74, 6) is 2.33. The number of rotatable bonds is 0. The van der Waals surface area contributed by atoms with Crippen LogP contribution in [0.5, 0.6) is 0 Å². The van der Waals surface area contributed by atoms with E-state index in [-0.39, 0.29) is 0 Å². The third kappa shape index (κ3) is 0.987. The van der Waals surface area contributed by atoms with E-state index < -0.39 is 0 Å². The van der Waals surface area contributed by atoms with Crippen LogP contribution in [0.15, 0.2) is 0 Å². The van der Waals surface area contributed by atoms with Gasteiger partial charge in [0.1, 0.15) is 0 Å². The molecule has 0 aliphatic carbocycles. The van der Waals surface area contributed by atoms with Crippen molar-refractivity contribution in [2.45, 2.75) is 24.0 Å². The van der Waals surface area contributed by atoms with Crippen molar-refractivity contribution < 1.29 is 0 Å². The zero-order valence-corrected chi connectivity index (χ0v) is 6.34. The van der Waals surface area contributed by atoms with E-state index in [1.807, 2.05) is 11.8 Å². The van der Waals surface area contributed by atoms with E-state index in [4.69, 9.17) is 0 Å². The molecular formula is C7H12NS. The molecule has 0 saturated carbocycles. The second kappa shape index (κ2) is 2.17. The lowest BCUT2D eigenvalue weighted by molar-refractivity contribution is 0.402. The molecule has 0 bridgehead atoms. The standard InChI is InChI=1S/C7H12NS/c1-2-7(3-5-9-7)6-8-4-1/h5,8H,1-4,6H2. The highest BCUT2D eigenvalue weighted by Gasteiger charge is 2.38. The van der Waals surface area contributed by atoms with Crippen LogP contribution in [0.25, 0.3) is 0 Å². The maximum atomic E-state index is 3.44. The minimum Gasteiger partial charge on any atom is -0.315 e. The molecule has 2 aliphatic heterocycles. The maximum Gasteiger partial charge on any atom is 0.0299 e. The predicted octanol–water partition coefficient (Wildman–Crippen LogP) is 1.41. The van der Waals surface area contributed by atoms with Crippen LogP contribution in [-0.4, -0.2) is 17.8 Å². The summed E-state index contributed by atoms with van der Waals surface area (Å²) >= 11 is 2.04. The molecule has 2 aliphatic rings. The second-order valence-corrected chi connectivity index (χ2v) is 4.39. The molecule has 0 aromatic heterocycles. The van der Waals surface area contributed by atoms with Crippen LogP contribution in [0.3, 0.4) is 0 Å². The Morgan fingerprint density at radius 1 is 1.56 bits per heavy atom. The summed E-state index contributed by atoms with van der Waals surface area (Å²) in [6.07, 6.45) is 4.15. The first-order valence-electron chi connectivity index (χ1n) is 3.62. The predicted molar refractivity (Wildman–Crippen MR) is 41.3 cm³/mol. The van der Waals surface area contributed by atoms with Crippen LogP contribution >= 0.6 is 11.8 Å². The zero-order valence-electron chi connectivity index (χ0n) is 5.52. The van der Waals surface area contributed by atoms with E-state index >= 15 is 0 Å². The fourth-order valence-corrected chi connectivity index (χ4v) is 2.62. The SMILES string of the molecule is [CH]1CC2(CCCNC2)S1. The number of piperidine rings is 1. The van der Waals surface area contributed by atoms with Crippen LogP contribution in [0, 0.1) is 5.75 Å². The van der Waals surface area contributed by atoms with Gasteiger partial charge in [0.05, 0.1) is 0 Å². The van der Waals surface area contributed by atoms with E-state index in [2.05, 4.69) is 11.1 Å². The Bertz CT molecular complexity index is 101. The summed E-state index contributed by atoms with van der Waals surface area (Å²) in [6, 6.07) is 0. The first-order chi connectivity index (χ1) is 4.41. The van der Waals surface area contributed by atoms with Gasteiger partial charge in [-0.3, -0.25) is 0 Å². The fourth-order valence-electron chi connectivity index (χ4n) is 1.53. The molecule has 1 nitrogen and oxygen atoms in total. The van der Waals surface area contributed by atoms with Gasteiger partial charge in [0.2, 0.25) is 0 Å². The molecule has 2 rings (SSSR count). The van der Waals surface area contributed by atoms with Gasteiger partial charge in [-0.1, -0.05) is 0 Å². The average Bonchev–Trinajstić information content (AvgIpc) is 1.87. The number of hydrogen-bond acceptors (Lipinski definition) is 2. The highest BCUT2D eigenvalue weighted by atomic mass is 32.2.